The van der Waals surface area contributed by atoms with Crippen LogP contribution in [0.4, 0.5) is 0 Å². The fraction of sp³-hybridized carbons (Fsp3) is 0.615. The van der Waals surface area contributed by atoms with Crippen LogP contribution in [0.1, 0.15) is 30.4 Å². The third-order valence-corrected chi connectivity index (χ3v) is 3.25. The van der Waals surface area contributed by atoms with E-state index in [0.717, 1.165) is 29.9 Å². The van der Waals surface area contributed by atoms with E-state index >= 15 is 0 Å². The van der Waals surface area contributed by atoms with E-state index in [2.05, 4.69) is 28.6 Å². The maximum atomic E-state index is 5.49. The zero-order chi connectivity index (χ0) is 12.4. The Kier molecular flexibility index (Phi) is 3.41. The van der Waals surface area contributed by atoms with E-state index in [4.69, 9.17) is 4.42 Å². The van der Waals surface area contributed by atoms with Crippen molar-refractivity contribution in [3.05, 3.63) is 23.2 Å². The molecule has 4 heteroatoms. The van der Waals surface area contributed by atoms with Crippen LogP contribution < -0.4 is 10.6 Å². The van der Waals surface area contributed by atoms with Gasteiger partial charge in [-0.05, 0) is 32.3 Å². The van der Waals surface area contributed by atoms with Crippen molar-refractivity contribution in [2.24, 2.45) is 10.9 Å². The highest BCUT2D eigenvalue weighted by atomic mass is 16.3. The summed E-state index contributed by atoms with van der Waals surface area (Å²) >= 11 is 0. The van der Waals surface area contributed by atoms with Gasteiger partial charge in [-0.2, -0.15) is 0 Å². The fourth-order valence-electron chi connectivity index (χ4n) is 1.93. The maximum Gasteiger partial charge on any atom is 0.191 e. The first kappa shape index (κ1) is 12.0. The molecule has 0 saturated heterocycles. The highest BCUT2D eigenvalue weighted by Gasteiger charge is 2.33. The average Bonchev–Trinajstić information content (AvgIpc) is 2.87. The lowest BCUT2D eigenvalue weighted by Gasteiger charge is -2.10. The number of hydrogen-bond donors (Lipinski definition) is 2. The van der Waals surface area contributed by atoms with Gasteiger partial charge in [0.15, 0.2) is 5.96 Å². The van der Waals surface area contributed by atoms with Gasteiger partial charge in [-0.1, -0.05) is 6.92 Å². The summed E-state index contributed by atoms with van der Waals surface area (Å²) in [6, 6.07) is 2.66. The lowest BCUT2D eigenvalue weighted by molar-refractivity contribution is 0.500. The molecular weight excluding hydrogens is 214 g/mol. The van der Waals surface area contributed by atoms with Gasteiger partial charge in [0, 0.05) is 25.2 Å². The number of aryl methyl sites for hydroxylation is 2. The summed E-state index contributed by atoms with van der Waals surface area (Å²) in [5, 5.41) is 6.71. The Morgan fingerprint density at radius 1 is 1.53 bits per heavy atom. The van der Waals surface area contributed by atoms with Gasteiger partial charge in [-0.25, -0.2) is 0 Å². The van der Waals surface area contributed by atoms with Gasteiger partial charge < -0.3 is 15.1 Å². The molecule has 1 aromatic rings. The number of furan rings is 1. The maximum absolute atomic E-state index is 5.49. The van der Waals surface area contributed by atoms with E-state index in [-0.39, 0.29) is 0 Å². The summed E-state index contributed by atoms with van der Waals surface area (Å²) in [6.07, 6.45) is 1.24. The van der Waals surface area contributed by atoms with Crippen LogP contribution in [-0.4, -0.2) is 19.0 Å². The standard InChI is InChI=1S/C13H21N3O/c1-8-5-12(8)16-13(14-4)15-7-11-6-9(2)17-10(11)3/h6,8,12H,5,7H2,1-4H3,(H2,14,15,16). The molecule has 1 saturated carbocycles. The smallest absolute Gasteiger partial charge is 0.191 e. The number of nitrogens with zero attached hydrogens (tertiary/aromatic N) is 1. The highest BCUT2D eigenvalue weighted by Crippen LogP contribution is 2.28. The van der Waals surface area contributed by atoms with Crippen molar-refractivity contribution in [3.8, 4) is 0 Å². The number of hydrogen-bond acceptors (Lipinski definition) is 2. The second-order valence-electron chi connectivity index (χ2n) is 4.83. The van der Waals surface area contributed by atoms with Gasteiger partial charge in [-0.15, -0.1) is 0 Å². The Morgan fingerprint density at radius 2 is 2.24 bits per heavy atom. The Morgan fingerprint density at radius 3 is 2.71 bits per heavy atom. The van der Waals surface area contributed by atoms with Crippen LogP contribution in [0.2, 0.25) is 0 Å². The van der Waals surface area contributed by atoms with Crippen LogP contribution in [0.3, 0.4) is 0 Å². The van der Waals surface area contributed by atoms with Gasteiger partial charge in [0.25, 0.3) is 0 Å². The number of guanidine groups is 1. The average molecular weight is 235 g/mol. The first-order valence-electron chi connectivity index (χ1n) is 6.13. The van der Waals surface area contributed by atoms with Crippen molar-refractivity contribution in [1.29, 1.82) is 0 Å². The van der Waals surface area contributed by atoms with Crippen LogP contribution >= 0.6 is 0 Å². The summed E-state index contributed by atoms with van der Waals surface area (Å²) in [5.74, 6) is 3.58. The molecule has 1 aromatic heterocycles. The monoisotopic (exact) mass is 235 g/mol. The highest BCUT2D eigenvalue weighted by molar-refractivity contribution is 5.80. The van der Waals surface area contributed by atoms with Crippen LogP contribution in [-0.2, 0) is 6.54 Å². The summed E-state index contributed by atoms with van der Waals surface area (Å²) in [6.45, 7) is 6.96. The van der Waals surface area contributed by atoms with E-state index in [1.165, 1.54) is 12.0 Å². The molecule has 2 N–H and O–H groups in total. The molecule has 0 amide bonds. The SMILES string of the molecule is CN=C(NCc1cc(C)oc1C)NC1CC1C. The molecule has 94 valence electrons. The number of rotatable bonds is 3. The molecule has 2 atom stereocenters. The lowest BCUT2D eigenvalue weighted by Crippen LogP contribution is -2.38. The molecule has 4 nitrogen and oxygen atoms in total. The molecule has 2 unspecified atom stereocenters. The molecule has 1 fully saturated rings. The Hall–Kier alpha value is -1.45. The molecule has 0 bridgehead atoms. The fourth-order valence-corrected chi connectivity index (χ4v) is 1.93. The van der Waals surface area contributed by atoms with Gasteiger partial charge in [0.05, 0.1) is 0 Å². The van der Waals surface area contributed by atoms with Crippen LogP contribution in [0.15, 0.2) is 15.5 Å². The topological polar surface area (TPSA) is 49.6 Å². The van der Waals surface area contributed by atoms with Gasteiger partial charge in [0.2, 0.25) is 0 Å². The predicted molar refractivity (Wildman–Crippen MR) is 69.1 cm³/mol. The van der Waals surface area contributed by atoms with Crippen molar-refractivity contribution in [1.82, 2.24) is 10.6 Å². The largest absolute Gasteiger partial charge is 0.466 e. The molecule has 2 rings (SSSR count). The molecular formula is C13H21N3O. The minimum Gasteiger partial charge on any atom is -0.466 e. The molecule has 0 radical (unpaired) electrons. The van der Waals surface area contributed by atoms with E-state index in [0.29, 0.717) is 6.04 Å². The first-order chi connectivity index (χ1) is 8.10. The van der Waals surface area contributed by atoms with E-state index in [1.54, 1.807) is 7.05 Å². The second-order valence-corrected chi connectivity index (χ2v) is 4.83. The quantitative estimate of drug-likeness (QED) is 0.622. The summed E-state index contributed by atoms with van der Waals surface area (Å²) < 4.78 is 5.49. The summed E-state index contributed by atoms with van der Waals surface area (Å²) in [7, 11) is 1.80. The summed E-state index contributed by atoms with van der Waals surface area (Å²) in [5.41, 5.74) is 1.19. The third kappa shape index (κ3) is 3.02. The third-order valence-electron chi connectivity index (χ3n) is 3.25. The Labute approximate surface area is 102 Å². The van der Waals surface area contributed by atoms with Gasteiger partial charge >= 0.3 is 0 Å². The molecule has 1 aliphatic carbocycles. The van der Waals surface area contributed by atoms with Crippen LogP contribution in [0, 0.1) is 19.8 Å². The molecule has 0 aromatic carbocycles. The van der Waals surface area contributed by atoms with Gasteiger partial charge in [-0.3, -0.25) is 4.99 Å². The van der Waals surface area contributed by atoms with Gasteiger partial charge in [0.1, 0.15) is 11.5 Å². The van der Waals surface area contributed by atoms with Crippen molar-refractivity contribution < 1.29 is 4.42 Å². The van der Waals surface area contributed by atoms with E-state index in [1.807, 2.05) is 13.8 Å². The minimum absolute atomic E-state index is 0.591. The van der Waals surface area contributed by atoms with Crippen molar-refractivity contribution in [2.75, 3.05) is 7.05 Å². The van der Waals surface area contributed by atoms with Crippen molar-refractivity contribution in [3.63, 3.8) is 0 Å². The van der Waals surface area contributed by atoms with Crippen molar-refractivity contribution in [2.45, 2.75) is 39.8 Å². The molecule has 1 heterocycles. The summed E-state index contributed by atoms with van der Waals surface area (Å²) in [4.78, 5) is 4.22. The Balaban J connectivity index is 1.85. The van der Waals surface area contributed by atoms with Crippen molar-refractivity contribution >= 4 is 5.96 Å². The van der Waals surface area contributed by atoms with Crippen LogP contribution in [0.5, 0.6) is 0 Å². The number of aliphatic imine (C=N–C) groups is 1. The van der Waals surface area contributed by atoms with E-state index < -0.39 is 0 Å². The molecule has 17 heavy (non-hydrogen) atoms. The lowest BCUT2D eigenvalue weighted by atomic mass is 10.2. The predicted octanol–water partition coefficient (Wildman–Crippen LogP) is 1.97. The minimum atomic E-state index is 0.591. The molecule has 1 aliphatic rings. The zero-order valence-electron chi connectivity index (χ0n) is 11.0. The molecule has 0 spiro atoms. The normalized spacial score (nSPS) is 23.6. The second kappa shape index (κ2) is 4.82. The molecule has 0 aliphatic heterocycles. The number of nitrogens with one attached hydrogen (secondary N) is 2. The van der Waals surface area contributed by atoms with E-state index in [9.17, 15) is 0 Å². The first-order valence-corrected chi connectivity index (χ1v) is 6.13. The van der Waals surface area contributed by atoms with Crippen LogP contribution in [0.25, 0.3) is 0 Å². The Bertz CT molecular complexity index is 422. The zero-order valence-corrected chi connectivity index (χ0v) is 11.0.